The fourth-order valence-corrected chi connectivity index (χ4v) is 4.20. The first kappa shape index (κ1) is 16.1. The number of carbonyl (C=O) groups excluding carboxylic acids is 1. The highest BCUT2D eigenvalue weighted by Gasteiger charge is 2.29. The Labute approximate surface area is 113 Å². The van der Waals surface area contributed by atoms with Crippen LogP contribution >= 0.6 is 0 Å². The molecule has 1 aliphatic rings. The van der Waals surface area contributed by atoms with Crippen LogP contribution in [0.25, 0.3) is 0 Å². The number of nitrogens with zero attached hydrogens (tertiary/aromatic N) is 1. The number of nitrogens with one attached hydrogen (secondary N) is 1. The van der Waals surface area contributed by atoms with E-state index in [9.17, 15) is 21.6 Å². The molecular formula is C10H18N2O5S2. The predicted molar refractivity (Wildman–Crippen MR) is 71.8 cm³/mol. The molecule has 1 saturated heterocycles. The van der Waals surface area contributed by atoms with Gasteiger partial charge in [0.25, 0.3) is 0 Å². The molecule has 1 fully saturated rings. The van der Waals surface area contributed by atoms with Crippen molar-refractivity contribution in [2.45, 2.75) is 12.5 Å². The monoisotopic (exact) mass is 310 g/mol. The van der Waals surface area contributed by atoms with Crippen molar-refractivity contribution >= 4 is 25.8 Å². The Morgan fingerprint density at radius 2 is 2.16 bits per heavy atom. The van der Waals surface area contributed by atoms with Gasteiger partial charge in [0.1, 0.15) is 0 Å². The summed E-state index contributed by atoms with van der Waals surface area (Å²) in [4.78, 5) is 11.7. The van der Waals surface area contributed by atoms with Crippen molar-refractivity contribution in [2.75, 3.05) is 30.9 Å². The van der Waals surface area contributed by atoms with E-state index in [2.05, 4.69) is 11.9 Å². The SMILES string of the molecule is C=CCN(CC(=O)NC1CCS(=O)(=O)C1)S(C)(=O)=O. The Balaban J connectivity index is 2.57. The van der Waals surface area contributed by atoms with Gasteiger partial charge in [-0.05, 0) is 6.42 Å². The van der Waals surface area contributed by atoms with Crippen LogP contribution in [-0.2, 0) is 24.7 Å². The third-order valence-corrected chi connectivity index (χ3v) is 5.70. The van der Waals surface area contributed by atoms with Gasteiger partial charge < -0.3 is 5.32 Å². The minimum atomic E-state index is -3.50. The summed E-state index contributed by atoms with van der Waals surface area (Å²) in [5.41, 5.74) is 0. The van der Waals surface area contributed by atoms with Gasteiger partial charge in [0, 0.05) is 12.6 Å². The molecular weight excluding hydrogens is 292 g/mol. The number of amides is 1. The number of sulfonamides is 1. The van der Waals surface area contributed by atoms with E-state index in [-0.39, 0.29) is 24.6 Å². The summed E-state index contributed by atoms with van der Waals surface area (Å²) in [6, 6.07) is -0.428. The average Bonchev–Trinajstić information content (AvgIpc) is 2.56. The summed E-state index contributed by atoms with van der Waals surface area (Å²) < 4.78 is 46.2. The Hall–Kier alpha value is -0.930. The van der Waals surface area contributed by atoms with Crippen molar-refractivity contribution in [3.63, 3.8) is 0 Å². The molecule has 110 valence electrons. The molecule has 0 aromatic carbocycles. The maximum atomic E-state index is 11.7. The number of rotatable bonds is 6. The van der Waals surface area contributed by atoms with Gasteiger partial charge in [-0.25, -0.2) is 16.8 Å². The first-order chi connectivity index (χ1) is 8.64. The topological polar surface area (TPSA) is 101 Å². The quantitative estimate of drug-likeness (QED) is 0.617. The van der Waals surface area contributed by atoms with Crippen LogP contribution in [0.15, 0.2) is 12.7 Å². The molecule has 7 nitrogen and oxygen atoms in total. The zero-order chi connectivity index (χ0) is 14.7. The van der Waals surface area contributed by atoms with Gasteiger partial charge in [-0.15, -0.1) is 6.58 Å². The number of sulfone groups is 1. The van der Waals surface area contributed by atoms with Crippen LogP contribution in [0.3, 0.4) is 0 Å². The fraction of sp³-hybridized carbons (Fsp3) is 0.700. The summed E-state index contributed by atoms with van der Waals surface area (Å²) >= 11 is 0. The minimum Gasteiger partial charge on any atom is -0.351 e. The summed E-state index contributed by atoms with van der Waals surface area (Å²) in [6.45, 7) is 3.13. The summed E-state index contributed by atoms with van der Waals surface area (Å²) in [7, 11) is -6.57. The molecule has 0 saturated carbocycles. The maximum Gasteiger partial charge on any atom is 0.235 e. The first-order valence-corrected chi connectivity index (χ1v) is 9.37. The Kier molecular flexibility index (Phi) is 5.11. The van der Waals surface area contributed by atoms with E-state index in [4.69, 9.17) is 0 Å². The summed E-state index contributed by atoms with van der Waals surface area (Å²) in [5.74, 6) is -0.534. The van der Waals surface area contributed by atoms with Crippen molar-refractivity contribution < 1.29 is 21.6 Å². The molecule has 1 heterocycles. The predicted octanol–water partition coefficient (Wildman–Crippen LogP) is -1.26. The van der Waals surface area contributed by atoms with Gasteiger partial charge in [-0.2, -0.15) is 4.31 Å². The number of hydrogen-bond donors (Lipinski definition) is 1. The van der Waals surface area contributed by atoms with Crippen molar-refractivity contribution in [3.05, 3.63) is 12.7 Å². The van der Waals surface area contributed by atoms with Crippen molar-refractivity contribution in [1.82, 2.24) is 9.62 Å². The van der Waals surface area contributed by atoms with Gasteiger partial charge in [0.05, 0.1) is 24.3 Å². The number of hydrogen-bond acceptors (Lipinski definition) is 5. The summed E-state index contributed by atoms with van der Waals surface area (Å²) in [6.07, 6.45) is 2.76. The standard InChI is InChI=1S/C10H18N2O5S2/c1-3-5-12(18(2,14)15)7-10(13)11-9-4-6-19(16,17)8-9/h3,9H,1,4-8H2,2H3,(H,11,13). The second-order valence-corrected chi connectivity index (χ2v) is 8.72. The van der Waals surface area contributed by atoms with Crippen LogP contribution in [0.1, 0.15) is 6.42 Å². The molecule has 0 aliphatic carbocycles. The van der Waals surface area contributed by atoms with Crippen molar-refractivity contribution in [3.8, 4) is 0 Å². The Bertz CT molecular complexity index is 552. The molecule has 1 unspecified atom stereocenters. The van der Waals surface area contributed by atoms with Crippen molar-refractivity contribution in [2.24, 2.45) is 0 Å². The molecule has 1 aliphatic heterocycles. The molecule has 0 aromatic heterocycles. The van der Waals surface area contributed by atoms with E-state index in [1.54, 1.807) is 0 Å². The van der Waals surface area contributed by atoms with E-state index in [0.717, 1.165) is 10.6 Å². The lowest BCUT2D eigenvalue weighted by Crippen LogP contribution is -2.44. The average molecular weight is 310 g/mol. The van der Waals surface area contributed by atoms with E-state index < -0.39 is 31.8 Å². The van der Waals surface area contributed by atoms with Crippen LogP contribution < -0.4 is 5.32 Å². The highest BCUT2D eigenvalue weighted by molar-refractivity contribution is 7.91. The van der Waals surface area contributed by atoms with E-state index in [1.165, 1.54) is 6.08 Å². The van der Waals surface area contributed by atoms with Crippen LogP contribution in [-0.4, -0.2) is 63.9 Å². The van der Waals surface area contributed by atoms with Crippen LogP contribution in [0.5, 0.6) is 0 Å². The van der Waals surface area contributed by atoms with Crippen LogP contribution in [0.4, 0.5) is 0 Å². The normalized spacial score (nSPS) is 22.3. The Morgan fingerprint density at radius 3 is 2.58 bits per heavy atom. The lowest BCUT2D eigenvalue weighted by Gasteiger charge is -2.19. The minimum absolute atomic E-state index is 0.0369. The molecule has 0 radical (unpaired) electrons. The van der Waals surface area contributed by atoms with Crippen LogP contribution in [0, 0.1) is 0 Å². The van der Waals surface area contributed by atoms with Crippen LogP contribution in [0.2, 0.25) is 0 Å². The molecule has 1 rings (SSSR count). The molecule has 19 heavy (non-hydrogen) atoms. The van der Waals surface area contributed by atoms with E-state index in [1.807, 2.05) is 0 Å². The Morgan fingerprint density at radius 1 is 1.53 bits per heavy atom. The van der Waals surface area contributed by atoms with E-state index >= 15 is 0 Å². The lowest BCUT2D eigenvalue weighted by molar-refractivity contribution is -0.121. The molecule has 9 heteroatoms. The smallest absolute Gasteiger partial charge is 0.235 e. The zero-order valence-electron chi connectivity index (χ0n) is 10.7. The first-order valence-electron chi connectivity index (χ1n) is 5.70. The fourth-order valence-electron chi connectivity index (χ4n) is 1.80. The molecule has 0 spiro atoms. The maximum absolute atomic E-state index is 11.7. The highest BCUT2D eigenvalue weighted by atomic mass is 32.2. The molecule has 1 amide bonds. The zero-order valence-corrected chi connectivity index (χ0v) is 12.3. The second-order valence-electron chi connectivity index (χ2n) is 4.51. The van der Waals surface area contributed by atoms with Gasteiger partial charge in [-0.1, -0.05) is 6.08 Å². The molecule has 1 N–H and O–H groups in total. The third-order valence-electron chi connectivity index (χ3n) is 2.72. The third kappa shape index (κ3) is 5.29. The van der Waals surface area contributed by atoms with Gasteiger partial charge in [0.2, 0.25) is 15.9 Å². The highest BCUT2D eigenvalue weighted by Crippen LogP contribution is 2.11. The second kappa shape index (κ2) is 6.02. The molecule has 1 atom stereocenters. The van der Waals surface area contributed by atoms with Gasteiger partial charge in [0.15, 0.2) is 9.84 Å². The molecule has 0 aromatic rings. The lowest BCUT2D eigenvalue weighted by atomic mass is 10.2. The van der Waals surface area contributed by atoms with Crippen molar-refractivity contribution in [1.29, 1.82) is 0 Å². The van der Waals surface area contributed by atoms with E-state index in [0.29, 0.717) is 6.42 Å². The largest absolute Gasteiger partial charge is 0.351 e. The molecule has 0 bridgehead atoms. The van der Waals surface area contributed by atoms with Gasteiger partial charge >= 0.3 is 0 Å². The van der Waals surface area contributed by atoms with Gasteiger partial charge in [-0.3, -0.25) is 4.79 Å². The number of carbonyl (C=O) groups is 1. The summed E-state index contributed by atoms with van der Waals surface area (Å²) in [5, 5.41) is 2.54.